The highest BCUT2D eigenvalue weighted by Crippen LogP contribution is 2.24. The minimum atomic E-state index is -0.747. The summed E-state index contributed by atoms with van der Waals surface area (Å²) < 4.78 is 5.35. The van der Waals surface area contributed by atoms with Crippen molar-refractivity contribution in [2.75, 3.05) is 6.61 Å². The van der Waals surface area contributed by atoms with E-state index < -0.39 is 10.9 Å². The van der Waals surface area contributed by atoms with Crippen LogP contribution < -0.4 is 10.5 Å². The van der Waals surface area contributed by atoms with Crippen molar-refractivity contribution in [3.05, 3.63) is 69.8 Å². The minimum Gasteiger partial charge on any atom is -0.482 e. The molecule has 0 saturated heterocycles. The van der Waals surface area contributed by atoms with Gasteiger partial charge in [-0.2, -0.15) is 0 Å². The number of rotatable bonds is 6. The van der Waals surface area contributed by atoms with Gasteiger partial charge in [0.25, 0.3) is 5.69 Å². The van der Waals surface area contributed by atoms with Crippen LogP contribution in [0.5, 0.6) is 5.75 Å². The Morgan fingerprint density at radius 1 is 1.19 bits per heavy atom. The van der Waals surface area contributed by atoms with Gasteiger partial charge in [-0.25, -0.2) is 4.79 Å². The lowest BCUT2D eigenvalue weighted by Gasteiger charge is -2.19. The van der Waals surface area contributed by atoms with Crippen LogP contribution in [0.2, 0.25) is 0 Å². The number of nitrogens with zero attached hydrogens (tertiary/aromatic N) is 2. The van der Waals surface area contributed by atoms with Crippen LogP contribution >= 0.6 is 0 Å². The Labute approximate surface area is 156 Å². The van der Waals surface area contributed by atoms with E-state index in [1.54, 1.807) is 12.1 Å². The molecule has 142 valence electrons. The number of carbonyl (C=O) groups excluding carboxylic acids is 1. The van der Waals surface area contributed by atoms with E-state index in [0.29, 0.717) is 5.75 Å². The van der Waals surface area contributed by atoms with Gasteiger partial charge in [0.15, 0.2) is 12.4 Å². The Hall–Kier alpha value is -3.42. The molecule has 8 heteroatoms. The van der Waals surface area contributed by atoms with Gasteiger partial charge >= 0.3 is 5.97 Å². The fraction of sp³-hybridized carbons (Fsp3) is 0.263. The second kappa shape index (κ2) is 8.31. The molecule has 0 aliphatic rings. The van der Waals surface area contributed by atoms with Gasteiger partial charge in [0.05, 0.1) is 4.92 Å². The fourth-order valence-electron chi connectivity index (χ4n) is 2.15. The Balaban J connectivity index is 1.91. The van der Waals surface area contributed by atoms with Gasteiger partial charge in [0.1, 0.15) is 5.75 Å². The maximum atomic E-state index is 11.7. The van der Waals surface area contributed by atoms with Gasteiger partial charge in [-0.1, -0.05) is 50.2 Å². The number of carbonyl (C=O) groups is 1. The first kappa shape index (κ1) is 19.9. The molecule has 0 atom stereocenters. The van der Waals surface area contributed by atoms with Crippen LogP contribution in [0, 0.1) is 10.1 Å². The summed E-state index contributed by atoms with van der Waals surface area (Å²) in [6, 6.07) is 12.9. The van der Waals surface area contributed by atoms with Crippen LogP contribution in [0.15, 0.2) is 53.7 Å². The molecule has 0 aliphatic carbocycles. The number of hydrogen-bond donors (Lipinski definition) is 1. The summed E-state index contributed by atoms with van der Waals surface area (Å²) >= 11 is 0. The van der Waals surface area contributed by atoms with Crippen molar-refractivity contribution in [2.24, 2.45) is 10.9 Å². The number of nitro groups is 1. The Morgan fingerprint density at radius 3 is 2.44 bits per heavy atom. The van der Waals surface area contributed by atoms with Crippen LogP contribution in [0.1, 0.15) is 31.9 Å². The van der Waals surface area contributed by atoms with Crippen molar-refractivity contribution >= 4 is 17.5 Å². The SMILES string of the molecule is CC(C)(C)c1ccc(OCC(=O)O/N=C(/N)c2cccc([N+](=O)[O-])c2)cc1. The molecule has 0 bridgehead atoms. The molecule has 27 heavy (non-hydrogen) atoms. The van der Waals surface area contributed by atoms with Crippen LogP contribution in [-0.2, 0) is 15.0 Å². The zero-order valence-electron chi connectivity index (χ0n) is 15.3. The second-order valence-electron chi connectivity index (χ2n) is 6.81. The monoisotopic (exact) mass is 371 g/mol. The molecule has 0 radical (unpaired) electrons. The van der Waals surface area contributed by atoms with Gasteiger partial charge < -0.3 is 15.3 Å². The molecule has 2 aromatic rings. The fourth-order valence-corrected chi connectivity index (χ4v) is 2.15. The minimum absolute atomic E-state index is 0.0240. The lowest BCUT2D eigenvalue weighted by Crippen LogP contribution is -2.18. The quantitative estimate of drug-likeness (QED) is 0.274. The van der Waals surface area contributed by atoms with Crippen LogP contribution in [0.25, 0.3) is 0 Å². The highest BCUT2D eigenvalue weighted by Gasteiger charge is 2.13. The number of amidine groups is 1. The lowest BCUT2D eigenvalue weighted by atomic mass is 9.87. The number of nitro benzene ring substituents is 1. The zero-order chi connectivity index (χ0) is 20.0. The van der Waals surface area contributed by atoms with Crippen LogP contribution in [-0.4, -0.2) is 23.3 Å². The topological polar surface area (TPSA) is 117 Å². The highest BCUT2D eigenvalue weighted by molar-refractivity contribution is 5.97. The summed E-state index contributed by atoms with van der Waals surface area (Å²) in [7, 11) is 0. The van der Waals surface area contributed by atoms with E-state index >= 15 is 0 Å². The van der Waals surface area contributed by atoms with Gasteiger partial charge in [0.2, 0.25) is 0 Å². The van der Waals surface area contributed by atoms with Crippen molar-refractivity contribution in [1.29, 1.82) is 0 Å². The van der Waals surface area contributed by atoms with Gasteiger partial charge in [-0.05, 0) is 23.1 Å². The Morgan fingerprint density at radius 2 is 1.85 bits per heavy atom. The predicted octanol–water partition coefficient (Wildman–Crippen LogP) is 3.13. The van der Waals surface area contributed by atoms with Crippen molar-refractivity contribution in [3.63, 3.8) is 0 Å². The zero-order valence-corrected chi connectivity index (χ0v) is 15.3. The predicted molar refractivity (Wildman–Crippen MR) is 101 cm³/mol. The largest absolute Gasteiger partial charge is 0.482 e. The lowest BCUT2D eigenvalue weighted by molar-refractivity contribution is -0.384. The second-order valence-corrected chi connectivity index (χ2v) is 6.81. The third-order valence-electron chi connectivity index (χ3n) is 3.68. The molecule has 0 aliphatic heterocycles. The molecular weight excluding hydrogens is 350 g/mol. The summed E-state index contributed by atoms with van der Waals surface area (Å²) in [4.78, 5) is 26.6. The first-order chi connectivity index (χ1) is 12.7. The number of benzene rings is 2. The number of oxime groups is 1. The third kappa shape index (κ3) is 5.81. The molecule has 0 unspecified atom stereocenters. The average molecular weight is 371 g/mol. The maximum Gasteiger partial charge on any atom is 0.372 e. The smallest absolute Gasteiger partial charge is 0.372 e. The molecule has 2 aromatic carbocycles. The summed E-state index contributed by atoms with van der Waals surface area (Å²) in [5.74, 6) is -0.375. The Kier molecular flexibility index (Phi) is 6.12. The molecule has 0 spiro atoms. The number of nitrogens with two attached hydrogens (primary N) is 1. The molecule has 0 fully saturated rings. The maximum absolute atomic E-state index is 11.7. The first-order valence-corrected chi connectivity index (χ1v) is 8.18. The van der Waals surface area contributed by atoms with E-state index in [1.165, 1.54) is 24.3 Å². The van der Waals surface area contributed by atoms with Crippen molar-refractivity contribution in [1.82, 2.24) is 0 Å². The van der Waals surface area contributed by atoms with E-state index in [1.807, 2.05) is 12.1 Å². The van der Waals surface area contributed by atoms with Crippen LogP contribution in [0.4, 0.5) is 5.69 Å². The molecule has 2 N–H and O–H groups in total. The number of ether oxygens (including phenoxy) is 1. The summed E-state index contributed by atoms with van der Waals surface area (Å²) in [6.07, 6.45) is 0. The number of non-ortho nitro benzene ring substituents is 1. The highest BCUT2D eigenvalue weighted by atomic mass is 16.7. The van der Waals surface area contributed by atoms with E-state index in [2.05, 4.69) is 30.8 Å². The first-order valence-electron chi connectivity index (χ1n) is 8.18. The number of hydrogen-bond acceptors (Lipinski definition) is 6. The molecular formula is C19H21N3O5. The molecule has 0 heterocycles. The third-order valence-corrected chi connectivity index (χ3v) is 3.68. The molecule has 0 aromatic heterocycles. The van der Waals surface area contributed by atoms with Gasteiger partial charge in [-0.15, -0.1) is 0 Å². The van der Waals surface area contributed by atoms with E-state index in [0.717, 1.165) is 5.56 Å². The molecule has 0 saturated carbocycles. The van der Waals surface area contributed by atoms with Crippen molar-refractivity contribution < 1.29 is 19.3 Å². The Bertz CT molecular complexity index is 854. The van der Waals surface area contributed by atoms with Gasteiger partial charge in [-0.3, -0.25) is 10.1 Å². The normalized spacial score (nSPS) is 11.7. The standard InChI is InChI=1S/C19H21N3O5/c1-19(2,3)14-7-9-16(10-8-14)26-12-17(23)27-21-18(20)13-5-4-6-15(11-13)22(24)25/h4-11H,12H2,1-3H3,(H2,20,21). The molecule has 2 rings (SSSR count). The summed E-state index contributed by atoms with van der Waals surface area (Å²) in [5.41, 5.74) is 6.99. The van der Waals surface area contributed by atoms with Gasteiger partial charge in [0, 0.05) is 17.7 Å². The van der Waals surface area contributed by atoms with Crippen molar-refractivity contribution in [3.8, 4) is 5.75 Å². The summed E-state index contributed by atoms with van der Waals surface area (Å²) in [5, 5.41) is 14.3. The van der Waals surface area contributed by atoms with E-state index in [9.17, 15) is 14.9 Å². The van der Waals surface area contributed by atoms with Crippen molar-refractivity contribution in [2.45, 2.75) is 26.2 Å². The van der Waals surface area contributed by atoms with E-state index in [4.69, 9.17) is 10.5 Å². The van der Waals surface area contributed by atoms with E-state index in [-0.39, 0.29) is 29.1 Å². The summed E-state index contributed by atoms with van der Waals surface area (Å²) in [6.45, 7) is 5.96. The molecule has 0 amide bonds. The van der Waals surface area contributed by atoms with Crippen LogP contribution in [0.3, 0.4) is 0 Å². The average Bonchev–Trinajstić information content (AvgIpc) is 2.64. The molecule has 8 nitrogen and oxygen atoms in total.